The van der Waals surface area contributed by atoms with E-state index in [2.05, 4.69) is 40.3 Å². The SMILES string of the molecule is CCCNC(Cc1ccc(O)cc1)c1ccc(Br)s1. The lowest BCUT2D eigenvalue weighted by molar-refractivity contribution is 0.474. The van der Waals surface area contributed by atoms with Crippen LogP contribution in [-0.4, -0.2) is 11.7 Å². The monoisotopic (exact) mass is 339 g/mol. The third kappa shape index (κ3) is 4.34. The van der Waals surface area contributed by atoms with Crippen LogP contribution in [0.15, 0.2) is 40.2 Å². The van der Waals surface area contributed by atoms with Crippen molar-refractivity contribution < 1.29 is 5.11 Å². The molecule has 0 aliphatic carbocycles. The van der Waals surface area contributed by atoms with Gasteiger partial charge >= 0.3 is 0 Å². The number of benzene rings is 1. The summed E-state index contributed by atoms with van der Waals surface area (Å²) in [4.78, 5) is 1.34. The number of halogens is 1. The van der Waals surface area contributed by atoms with E-state index >= 15 is 0 Å². The third-order valence-corrected chi connectivity index (χ3v) is 4.69. The Morgan fingerprint density at radius 2 is 1.95 bits per heavy atom. The zero-order valence-electron chi connectivity index (χ0n) is 10.9. The van der Waals surface area contributed by atoms with Gasteiger partial charge in [0.1, 0.15) is 5.75 Å². The number of aromatic hydroxyl groups is 1. The highest BCUT2D eigenvalue weighted by Crippen LogP contribution is 2.29. The van der Waals surface area contributed by atoms with Gasteiger partial charge in [-0.3, -0.25) is 0 Å². The summed E-state index contributed by atoms with van der Waals surface area (Å²) in [5.74, 6) is 0.320. The Labute approximate surface area is 126 Å². The highest BCUT2D eigenvalue weighted by molar-refractivity contribution is 9.11. The molecule has 1 heterocycles. The van der Waals surface area contributed by atoms with Crippen LogP contribution < -0.4 is 5.32 Å². The highest BCUT2D eigenvalue weighted by atomic mass is 79.9. The summed E-state index contributed by atoms with van der Waals surface area (Å²) in [7, 11) is 0. The molecule has 0 aliphatic heterocycles. The molecule has 0 radical (unpaired) electrons. The fraction of sp³-hybridized carbons (Fsp3) is 0.333. The van der Waals surface area contributed by atoms with E-state index in [9.17, 15) is 5.11 Å². The quantitative estimate of drug-likeness (QED) is 0.811. The van der Waals surface area contributed by atoms with Crippen molar-refractivity contribution in [1.82, 2.24) is 5.32 Å². The van der Waals surface area contributed by atoms with Crippen molar-refractivity contribution in [3.8, 4) is 5.75 Å². The third-order valence-electron chi connectivity index (χ3n) is 2.95. The summed E-state index contributed by atoms with van der Waals surface area (Å²) >= 11 is 5.29. The van der Waals surface area contributed by atoms with Crippen LogP contribution >= 0.6 is 27.3 Å². The number of nitrogens with one attached hydrogen (secondary N) is 1. The molecule has 4 heteroatoms. The van der Waals surface area contributed by atoms with E-state index in [0.29, 0.717) is 11.8 Å². The maximum atomic E-state index is 9.33. The molecule has 0 saturated heterocycles. The van der Waals surface area contributed by atoms with Gasteiger partial charge in [-0.15, -0.1) is 11.3 Å². The van der Waals surface area contributed by atoms with E-state index in [1.54, 1.807) is 23.5 Å². The van der Waals surface area contributed by atoms with Gasteiger partial charge in [0.15, 0.2) is 0 Å². The lowest BCUT2D eigenvalue weighted by Gasteiger charge is -2.17. The number of hydrogen-bond acceptors (Lipinski definition) is 3. The van der Waals surface area contributed by atoms with E-state index in [1.165, 1.54) is 10.4 Å². The van der Waals surface area contributed by atoms with Crippen LogP contribution in [0.5, 0.6) is 5.75 Å². The zero-order valence-corrected chi connectivity index (χ0v) is 13.3. The van der Waals surface area contributed by atoms with Crippen molar-refractivity contribution in [3.05, 3.63) is 50.6 Å². The predicted octanol–water partition coefficient (Wildman–Crippen LogP) is 4.50. The lowest BCUT2D eigenvalue weighted by atomic mass is 10.0. The summed E-state index contributed by atoms with van der Waals surface area (Å²) in [6.45, 7) is 3.19. The summed E-state index contributed by atoms with van der Waals surface area (Å²) in [5, 5.41) is 12.9. The smallest absolute Gasteiger partial charge is 0.115 e. The molecule has 2 rings (SSSR count). The normalized spacial score (nSPS) is 12.5. The van der Waals surface area contributed by atoms with Crippen molar-refractivity contribution in [2.24, 2.45) is 0 Å². The molecular formula is C15H18BrNOS. The van der Waals surface area contributed by atoms with Gasteiger partial charge in [-0.05, 0) is 65.1 Å². The molecule has 0 saturated carbocycles. The van der Waals surface area contributed by atoms with E-state index in [4.69, 9.17) is 0 Å². The molecule has 19 heavy (non-hydrogen) atoms. The van der Waals surface area contributed by atoms with E-state index < -0.39 is 0 Å². The second-order valence-corrected chi connectivity index (χ2v) is 7.01. The van der Waals surface area contributed by atoms with Crippen LogP contribution in [-0.2, 0) is 6.42 Å². The Morgan fingerprint density at radius 1 is 1.21 bits per heavy atom. The molecule has 2 N–H and O–H groups in total. The molecule has 2 aromatic rings. The van der Waals surface area contributed by atoms with Crippen LogP contribution in [0.1, 0.15) is 29.8 Å². The second-order valence-electron chi connectivity index (χ2n) is 4.52. The molecule has 102 valence electrons. The number of rotatable bonds is 6. The molecule has 0 aliphatic rings. The van der Waals surface area contributed by atoms with Crippen LogP contribution in [0, 0.1) is 0 Å². The van der Waals surface area contributed by atoms with E-state index in [1.807, 2.05) is 12.1 Å². The minimum Gasteiger partial charge on any atom is -0.508 e. The minimum absolute atomic E-state index is 0.320. The average molecular weight is 340 g/mol. The maximum Gasteiger partial charge on any atom is 0.115 e. The van der Waals surface area contributed by atoms with Gasteiger partial charge < -0.3 is 10.4 Å². The number of phenols is 1. The van der Waals surface area contributed by atoms with E-state index in [0.717, 1.165) is 23.2 Å². The van der Waals surface area contributed by atoms with Crippen molar-refractivity contribution in [1.29, 1.82) is 0 Å². The number of phenolic OH excluding ortho intramolecular Hbond substituents is 1. The van der Waals surface area contributed by atoms with Crippen molar-refractivity contribution in [2.75, 3.05) is 6.54 Å². The predicted molar refractivity (Wildman–Crippen MR) is 84.9 cm³/mol. The number of hydrogen-bond donors (Lipinski definition) is 2. The Balaban J connectivity index is 2.11. The maximum absolute atomic E-state index is 9.33. The highest BCUT2D eigenvalue weighted by Gasteiger charge is 2.13. The minimum atomic E-state index is 0.320. The first kappa shape index (κ1) is 14.6. The molecule has 0 bridgehead atoms. The summed E-state index contributed by atoms with van der Waals surface area (Å²) in [5.41, 5.74) is 1.23. The summed E-state index contributed by atoms with van der Waals surface area (Å²) in [6.07, 6.45) is 2.06. The van der Waals surface area contributed by atoms with Gasteiger partial charge in [0.25, 0.3) is 0 Å². The van der Waals surface area contributed by atoms with Gasteiger partial charge in [-0.2, -0.15) is 0 Å². The Kier molecular flexibility index (Phi) is 5.43. The lowest BCUT2D eigenvalue weighted by Crippen LogP contribution is -2.23. The Morgan fingerprint density at radius 3 is 2.53 bits per heavy atom. The standard InChI is InChI=1S/C15H18BrNOS/c1-2-9-17-13(14-7-8-15(16)19-14)10-11-3-5-12(18)6-4-11/h3-8,13,17-18H,2,9-10H2,1H3. The van der Waals surface area contributed by atoms with Gasteiger partial charge in [0.2, 0.25) is 0 Å². The van der Waals surface area contributed by atoms with Crippen molar-refractivity contribution in [3.63, 3.8) is 0 Å². The van der Waals surface area contributed by atoms with Gasteiger partial charge in [0, 0.05) is 10.9 Å². The molecule has 0 spiro atoms. The average Bonchev–Trinajstić information content (AvgIpc) is 2.83. The van der Waals surface area contributed by atoms with Crippen LogP contribution in [0.3, 0.4) is 0 Å². The molecule has 0 amide bonds. The first-order chi connectivity index (χ1) is 9.19. The van der Waals surface area contributed by atoms with Crippen LogP contribution in [0.2, 0.25) is 0 Å². The first-order valence-electron chi connectivity index (χ1n) is 6.45. The van der Waals surface area contributed by atoms with Crippen LogP contribution in [0.25, 0.3) is 0 Å². The first-order valence-corrected chi connectivity index (χ1v) is 8.06. The van der Waals surface area contributed by atoms with Crippen molar-refractivity contribution in [2.45, 2.75) is 25.8 Å². The molecule has 1 aromatic carbocycles. The fourth-order valence-corrected chi connectivity index (χ4v) is 3.47. The summed E-state index contributed by atoms with van der Waals surface area (Å²) in [6, 6.07) is 12.1. The molecular weight excluding hydrogens is 322 g/mol. The second kappa shape index (κ2) is 7.08. The summed E-state index contributed by atoms with van der Waals surface area (Å²) < 4.78 is 1.16. The Bertz CT molecular complexity index is 509. The fourth-order valence-electron chi connectivity index (χ4n) is 1.98. The molecule has 1 aromatic heterocycles. The topological polar surface area (TPSA) is 32.3 Å². The van der Waals surface area contributed by atoms with Gasteiger partial charge in [-0.1, -0.05) is 19.1 Å². The molecule has 2 nitrogen and oxygen atoms in total. The van der Waals surface area contributed by atoms with Gasteiger partial charge in [-0.25, -0.2) is 0 Å². The van der Waals surface area contributed by atoms with Crippen LogP contribution in [0.4, 0.5) is 0 Å². The van der Waals surface area contributed by atoms with E-state index in [-0.39, 0.29) is 0 Å². The zero-order chi connectivity index (χ0) is 13.7. The van der Waals surface area contributed by atoms with Gasteiger partial charge in [0.05, 0.1) is 3.79 Å². The van der Waals surface area contributed by atoms with Crippen molar-refractivity contribution >= 4 is 27.3 Å². The molecule has 1 atom stereocenters. The largest absolute Gasteiger partial charge is 0.508 e. The Hall–Kier alpha value is -0.840. The molecule has 0 fully saturated rings. The molecule has 1 unspecified atom stereocenters. The number of thiophene rings is 1.